The fourth-order valence-electron chi connectivity index (χ4n) is 2.27. The summed E-state index contributed by atoms with van der Waals surface area (Å²) in [4.78, 5) is 0. The van der Waals surface area contributed by atoms with E-state index in [1.807, 2.05) is 5.43 Å². The van der Waals surface area contributed by atoms with Crippen LogP contribution in [0.3, 0.4) is 0 Å². The smallest absolute Gasteiger partial charge is 0.416 e. The molecule has 0 unspecified atom stereocenters. The molecule has 0 radical (unpaired) electrons. The minimum atomic E-state index is -6.27. The van der Waals surface area contributed by atoms with Gasteiger partial charge in [0.2, 0.25) is 0 Å². The molecule has 0 aromatic rings. The highest BCUT2D eigenvalue weighted by Crippen LogP contribution is 2.58. The van der Waals surface area contributed by atoms with Crippen LogP contribution < -0.4 is 0 Å². The van der Waals surface area contributed by atoms with E-state index in [1.165, 1.54) is 0 Å². The molecule has 1 saturated heterocycles. The summed E-state index contributed by atoms with van der Waals surface area (Å²) < 4.78 is 152. The van der Waals surface area contributed by atoms with Crippen molar-refractivity contribution in [1.82, 2.24) is 0 Å². The summed E-state index contributed by atoms with van der Waals surface area (Å²) in [6.45, 7) is 0.737. The molecule has 1 aliphatic heterocycles. The average Bonchev–Trinajstić information content (AvgIpc) is 2.45. The lowest BCUT2D eigenvalue weighted by atomic mass is 9.86. The Balaban J connectivity index is 3.79. The fourth-order valence-corrected chi connectivity index (χ4v) is 2.27. The van der Waals surface area contributed by atoms with Gasteiger partial charge in [-0.15, -0.1) is 0 Å². The molecule has 2 nitrogen and oxygen atoms in total. The normalized spacial score (nSPS) is 21.7. The van der Waals surface area contributed by atoms with Gasteiger partial charge in [-0.25, -0.2) is 0 Å². The van der Waals surface area contributed by atoms with E-state index in [4.69, 9.17) is 0 Å². The van der Waals surface area contributed by atoms with Gasteiger partial charge in [0, 0.05) is 6.42 Å². The number of hydrogen-bond acceptors (Lipinski definition) is 0. The van der Waals surface area contributed by atoms with Crippen molar-refractivity contribution in [3.8, 4) is 0 Å². The molecule has 14 heteroatoms. The number of halogens is 12. The average molecular weight is 384 g/mol. The third-order valence-corrected chi connectivity index (χ3v) is 3.22. The van der Waals surface area contributed by atoms with E-state index in [2.05, 4.69) is 0 Å². The van der Waals surface area contributed by atoms with Gasteiger partial charge in [0.1, 0.15) is 5.54 Å². The molecule has 1 rings (SSSR count). The van der Waals surface area contributed by atoms with Crippen molar-refractivity contribution in [3.63, 3.8) is 0 Å². The zero-order valence-corrected chi connectivity index (χ0v) is 11.6. The third kappa shape index (κ3) is 3.23. The molecule has 0 aromatic carbocycles. The fraction of sp³-hybridized carbons (Fsp3) is 0.900. The lowest BCUT2D eigenvalue weighted by molar-refractivity contribution is -0.556. The van der Waals surface area contributed by atoms with Crippen LogP contribution in [0.1, 0.15) is 20.3 Å². The molecule has 0 saturated carbocycles. The van der Waals surface area contributed by atoms with Crippen LogP contribution in [0.5, 0.6) is 0 Å². The Bertz CT molecular complexity index is 500. The molecular weight excluding hydrogens is 376 g/mol. The van der Waals surface area contributed by atoms with E-state index < -0.39 is 52.6 Å². The lowest BCUT2D eigenvalue weighted by Gasteiger charge is -2.39. The first-order valence-electron chi connectivity index (χ1n) is 5.85. The van der Waals surface area contributed by atoms with Gasteiger partial charge >= 0.3 is 30.4 Å². The van der Waals surface area contributed by atoms with Gasteiger partial charge in [0.15, 0.2) is 5.54 Å². The Hall–Kier alpha value is -1.37. The monoisotopic (exact) mass is 384 g/mol. The molecule has 0 N–H and O–H groups in total. The van der Waals surface area contributed by atoms with Gasteiger partial charge in [-0.3, -0.25) is 4.68 Å². The zero-order valence-electron chi connectivity index (χ0n) is 11.6. The second-order valence-electron chi connectivity index (χ2n) is 5.60. The molecule has 0 bridgehead atoms. The Labute approximate surface area is 126 Å². The van der Waals surface area contributed by atoms with Gasteiger partial charge in [0.05, 0.1) is 0 Å². The van der Waals surface area contributed by atoms with Crippen LogP contribution in [0.15, 0.2) is 0 Å². The maximum atomic E-state index is 12.9. The summed E-state index contributed by atoms with van der Waals surface area (Å²) in [5.74, 6) is 0. The highest BCUT2D eigenvalue weighted by Gasteiger charge is 2.74. The van der Waals surface area contributed by atoms with Gasteiger partial charge in [-0.05, 0) is 13.8 Å². The zero-order chi connectivity index (χ0) is 19.6. The van der Waals surface area contributed by atoms with Crippen LogP contribution in [-0.4, -0.2) is 46.2 Å². The van der Waals surface area contributed by atoms with Crippen LogP contribution in [0, 0.1) is 0 Å². The number of hydrogen-bond donors (Lipinski definition) is 0. The van der Waals surface area contributed by atoms with E-state index >= 15 is 0 Å². The van der Waals surface area contributed by atoms with Crippen LogP contribution in [0.2, 0.25) is 0 Å². The highest BCUT2D eigenvalue weighted by atomic mass is 19.4. The Morgan fingerprint density at radius 2 is 1.08 bits per heavy atom. The van der Waals surface area contributed by atoms with Gasteiger partial charge < -0.3 is 5.43 Å². The van der Waals surface area contributed by atoms with Crippen LogP contribution in [0.4, 0.5) is 52.7 Å². The molecule has 1 aliphatic rings. The minimum absolute atomic E-state index is 0.368. The summed E-state index contributed by atoms with van der Waals surface area (Å²) in [7, 11) is 0. The summed E-state index contributed by atoms with van der Waals surface area (Å²) in [5, 5.41) is 0. The molecule has 24 heavy (non-hydrogen) atoms. The topological polar surface area (TPSA) is 17.1 Å². The van der Waals surface area contributed by atoms with Crippen LogP contribution in [0.25, 0.3) is 5.43 Å². The largest absolute Gasteiger partial charge is 0.482 e. The van der Waals surface area contributed by atoms with Crippen molar-refractivity contribution in [2.24, 2.45) is 0 Å². The third-order valence-electron chi connectivity index (χ3n) is 3.22. The molecule has 0 aliphatic carbocycles. The second-order valence-corrected chi connectivity index (χ2v) is 5.60. The summed E-state index contributed by atoms with van der Waals surface area (Å²) >= 11 is 0. The van der Waals surface area contributed by atoms with Crippen molar-refractivity contribution in [3.05, 3.63) is 5.43 Å². The van der Waals surface area contributed by atoms with E-state index in [-0.39, 0.29) is 0 Å². The number of nitrogens with zero attached hydrogens (tertiary/aromatic N) is 2. The summed E-state index contributed by atoms with van der Waals surface area (Å²) in [5.41, 5.74) is -9.64. The first kappa shape index (κ1) is 20.7. The van der Waals surface area contributed by atoms with Crippen LogP contribution in [-0.2, 0) is 0 Å². The van der Waals surface area contributed by atoms with Crippen molar-refractivity contribution in [2.75, 3.05) is 0 Å². The molecule has 142 valence electrons. The molecule has 0 atom stereocenters. The van der Waals surface area contributed by atoms with Crippen LogP contribution >= 0.6 is 0 Å². The highest BCUT2D eigenvalue weighted by molar-refractivity contribution is 5.90. The van der Waals surface area contributed by atoms with Crippen molar-refractivity contribution >= 4 is 5.71 Å². The minimum Gasteiger partial charge on any atom is -0.416 e. The lowest BCUT2D eigenvalue weighted by Crippen LogP contribution is -2.55. The Morgan fingerprint density at radius 1 is 0.750 bits per heavy atom. The number of alkyl halides is 12. The maximum absolute atomic E-state index is 12.9. The quantitative estimate of drug-likeness (QED) is 0.418. The predicted molar refractivity (Wildman–Crippen MR) is 54.3 cm³/mol. The Kier molecular flexibility index (Phi) is 4.36. The van der Waals surface area contributed by atoms with E-state index in [9.17, 15) is 52.7 Å². The van der Waals surface area contributed by atoms with Gasteiger partial charge in [-0.2, -0.15) is 52.7 Å². The molecule has 1 heterocycles. The maximum Gasteiger partial charge on any atom is 0.482 e. The summed E-state index contributed by atoms with van der Waals surface area (Å²) in [6.07, 6.45) is -27.2. The standard InChI is InChI=1S/C10H8F12N2/c1-5(2)3-6(9(17,18)19,10(20,21)22)23-24(5)4(7(11,12)13)8(14,15)16/h3H2,1-2H3. The molecule has 0 spiro atoms. The van der Waals surface area contributed by atoms with Gasteiger partial charge in [0.25, 0.3) is 0 Å². The van der Waals surface area contributed by atoms with Crippen molar-refractivity contribution in [1.29, 1.82) is 0 Å². The molecule has 1 fully saturated rings. The first-order valence-corrected chi connectivity index (χ1v) is 5.85. The molecule has 0 aromatic heterocycles. The van der Waals surface area contributed by atoms with E-state index in [1.54, 1.807) is 0 Å². The van der Waals surface area contributed by atoms with Gasteiger partial charge in [-0.1, -0.05) is 0 Å². The Morgan fingerprint density at radius 3 is 1.29 bits per heavy atom. The number of rotatable bonds is 0. The van der Waals surface area contributed by atoms with E-state index in [0.29, 0.717) is 13.8 Å². The van der Waals surface area contributed by atoms with Crippen molar-refractivity contribution in [2.45, 2.75) is 56.1 Å². The molecular formula is C10H8F12N2. The summed E-state index contributed by atoms with van der Waals surface area (Å²) in [6, 6.07) is 0. The molecule has 0 amide bonds. The second kappa shape index (κ2) is 5.07. The van der Waals surface area contributed by atoms with Crippen molar-refractivity contribution < 1.29 is 57.4 Å². The predicted octanol–water partition coefficient (Wildman–Crippen LogP) is 4.90. The SMILES string of the molecule is CC1(C)CC(C(F)(F)F)(C(F)(F)F)[N-][N+]1=C(C(F)(F)F)C(F)(F)F. The first-order chi connectivity index (χ1) is 10.2. The van der Waals surface area contributed by atoms with E-state index in [0.717, 1.165) is 0 Å².